The second kappa shape index (κ2) is 9.68. The number of rotatable bonds is 9. The predicted octanol–water partition coefficient (Wildman–Crippen LogP) is 4.92. The van der Waals surface area contributed by atoms with Crippen LogP contribution in [0.2, 0.25) is 0 Å². The van der Waals surface area contributed by atoms with Gasteiger partial charge in [-0.1, -0.05) is 29.5 Å². The fourth-order valence-corrected chi connectivity index (χ4v) is 6.28. The Balaban J connectivity index is 1.63. The normalized spacial score (nSPS) is 12.3. The number of nitrogens with one attached hydrogen (secondary N) is 1. The minimum Gasteiger partial charge on any atom is -0.379 e. The Morgan fingerprint density at radius 2 is 1.90 bits per heavy atom. The van der Waals surface area contributed by atoms with Gasteiger partial charge in [0.1, 0.15) is 5.75 Å². The second-order valence-corrected chi connectivity index (χ2v) is 12.2. The van der Waals surface area contributed by atoms with E-state index in [-0.39, 0.29) is 10.5 Å². The Labute approximate surface area is 191 Å². The molecule has 1 aromatic heterocycles. The maximum absolute atomic E-state index is 12.5. The number of thioether (sulfide) groups is 1. The van der Waals surface area contributed by atoms with Crippen molar-refractivity contribution in [1.29, 1.82) is 0 Å². The molecule has 1 heterocycles. The van der Waals surface area contributed by atoms with Gasteiger partial charge in [0.15, 0.2) is 14.2 Å². The Morgan fingerprint density at radius 1 is 1.19 bits per heavy atom. The van der Waals surface area contributed by atoms with Crippen LogP contribution in [0, 0.1) is 6.92 Å². The van der Waals surface area contributed by atoms with Crippen LogP contribution in [0.3, 0.4) is 0 Å². The lowest BCUT2D eigenvalue weighted by atomic mass is 10.1. The average Bonchev–Trinajstić information content (AvgIpc) is 3.09. The van der Waals surface area contributed by atoms with Crippen LogP contribution >= 0.6 is 23.1 Å². The van der Waals surface area contributed by atoms with Crippen LogP contribution in [0.25, 0.3) is 10.2 Å². The summed E-state index contributed by atoms with van der Waals surface area (Å²) < 4.78 is 32.3. The van der Waals surface area contributed by atoms with Crippen molar-refractivity contribution in [2.45, 2.75) is 42.0 Å². The number of carbonyl (C=O) groups is 1. The zero-order valence-electron chi connectivity index (χ0n) is 18.0. The van der Waals surface area contributed by atoms with Crippen LogP contribution in [0.1, 0.15) is 25.8 Å². The Morgan fingerprint density at radius 3 is 2.58 bits per heavy atom. The molecule has 31 heavy (non-hydrogen) atoms. The van der Waals surface area contributed by atoms with Crippen LogP contribution in [0.5, 0.6) is 0 Å². The van der Waals surface area contributed by atoms with Crippen LogP contribution in [-0.4, -0.2) is 43.5 Å². The third-order valence-corrected chi connectivity index (χ3v) is 8.63. The first-order chi connectivity index (χ1) is 14.6. The highest BCUT2D eigenvalue weighted by molar-refractivity contribution is 8.01. The number of anilines is 1. The highest BCUT2D eigenvalue weighted by atomic mass is 32.2. The number of benzene rings is 2. The van der Waals surface area contributed by atoms with Crippen LogP contribution in [0.15, 0.2) is 51.7 Å². The van der Waals surface area contributed by atoms with Crippen LogP contribution in [-0.2, 0) is 19.4 Å². The van der Waals surface area contributed by atoms with E-state index in [2.05, 4.69) is 24.1 Å². The standard InChI is InChI=1S/C22H26N2O4S3/c1-15-5-8-17(9-6-15)31(26,27)14-20(25)23-16-7-10-18-19(13-16)30-21(24-18)29-12-11-22(2,3)28-4/h5-10,13H,11-12,14H2,1-4H3,(H,23,25). The number of methoxy groups -OCH3 is 1. The summed E-state index contributed by atoms with van der Waals surface area (Å²) in [6.07, 6.45) is 0.904. The molecule has 0 radical (unpaired) electrons. The number of fused-ring (bicyclic) bond motifs is 1. The molecule has 3 aromatic rings. The Kier molecular flexibility index (Phi) is 7.41. The minimum atomic E-state index is -3.69. The quantitative estimate of drug-likeness (QED) is 0.439. The van der Waals surface area contributed by atoms with Gasteiger partial charge >= 0.3 is 0 Å². The van der Waals surface area contributed by atoms with E-state index in [9.17, 15) is 13.2 Å². The molecule has 0 saturated heterocycles. The smallest absolute Gasteiger partial charge is 0.239 e. The van der Waals surface area contributed by atoms with Crippen molar-refractivity contribution >= 4 is 54.7 Å². The lowest BCUT2D eigenvalue weighted by molar-refractivity contribution is -0.113. The highest BCUT2D eigenvalue weighted by Gasteiger charge is 2.20. The van der Waals surface area contributed by atoms with E-state index < -0.39 is 21.5 Å². The SMILES string of the molecule is COC(C)(C)CCSc1nc2ccc(NC(=O)CS(=O)(=O)c3ccc(C)cc3)cc2s1. The lowest BCUT2D eigenvalue weighted by Crippen LogP contribution is -2.23. The molecule has 1 amide bonds. The molecule has 0 aliphatic carbocycles. The summed E-state index contributed by atoms with van der Waals surface area (Å²) in [4.78, 5) is 17.1. The molecule has 1 N–H and O–H groups in total. The number of thiazole rings is 1. The van der Waals surface area contributed by atoms with Crippen molar-refractivity contribution < 1.29 is 17.9 Å². The maximum atomic E-state index is 12.5. The van der Waals surface area contributed by atoms with Gasteiger partial charge in [-0.3, -0.25) is 4.79 Å². The molecule has 0 fully saturated rings. The van der Waals surface area contributed by atoms with E-state index in [4.69, 9.17) is 4.74 Å². The first-order valence-corrected chi connectivity index (χ1v) is 13.2. The fraction of sp³-hybridized carbons (Fsp3) is 0.364. The number of hydrogen-bond acceptors (Lipinski definition) is 7. The number of ether oxygens (including phenoxy) is 1. The summed E-state index contributed by atoms with van der Waals surface area (Å²) >= 11 is 3.22. The number of amides is 1. The van der Waals surface area contributed by atoms with Gasteiger partial charge in [0.25, 0.3) is 0 Å². The molecule has 3 rings (SSSR count). The molecule has 0 aliphatic heterocycles. The summed E-state index contributed by atoms with van der Waals surface area (Å²) in [5.41, 5.74) is 2.20. The van der Waals surface area contributed by atoms with Gasteiger partial charge in [-0.15, -0.1) is 11.3 Å². The van der Waals surface area contributed by atoms with E-state index in [1.165, 1.54) is 12.1 Å². The Bertz CT molecular complexity index is 1170. The van der Waals surface area contributed by atoms with E-state index in [1.54, 1.807) is 48.4 Å². The monoisotopic (exact) mass is 478 g/mol. The summed E-state index contributed by atoms with van der Waals surface area (Å²) in [6, 6.07) is 11.9. The van der Waals surface area contributed by atoms with Crippen molar-refractivity contribution in [3.05, 3.63) is 48.0 Å². The number of aryl methyl sites for hydroxylation is 1. The molecule has 0 aliphatic rings. The lowest BCUT2D eigenvalue weighted by Gasteiger charge is -2.21. The number of carbonyl (C=O) groups excluding carboxylic acids is 1. The Hall–Kier alpha value is -1.94. The van der Waals surface area contributed by atoms with Gasteiger partial charge in [-0.2, -0.15) is 0 Å². The van der Waals surface area contributed by atoms with Gasteiger partial charge in [0.05, 0.1) is 20.7 Å². The topological polar surface area (TPSA) is 85.4 Å². The predicted molar refractivity (Wildman–Crippen MR) is 128 cm³/mol. The van der Waals surface area contributed by atoms with Gasteiger partial charge in [0.2, 0.25) is 5.91 Å². The molecule has 9 heteroatoms. The van der Waals surface area contributed by atoms with Gasteiger partial charge in [-0.25, -0.2) is 13.4 Å². The molecule has 166 valence electrons. The molecule has 0 spiro atoms. The number of nitrogens with zero attached hydrogens (tertiary/aromatic N) is 1. The van der Waals surface area contributed by atoms with Crippen LogP contribution in [0.4, 0.5) is 5.69 Å². The highest BCUT2D eigenvalue weighted by Crippen LogP contribution is 2.32. The van der Waals surface area contributed by atoms with Crippen molar-refractivity contribution in [2.24, 2.45) is 0 Å². The third kappa shape index (κ3) is 6.52. The number of aromatic nitrogens is 1. The average molecular weight is 479 g/mol. The van der Waals surface area contributed by atoms with Gasteiger partial charge in [0, 0.05) is 18.6 Å². The molecular formula is C22H26N2O4S3. The van der Waals surface area contributed by atoms with Crippen molar-refractivity contribution in [2.75, 3.05) is 23.9 Å². The molecule has 0 unspecified atom stereocenters. The van der Waals surface area contributed by atoms with E-state index in [0.29, 0.717) is 5.69 Å². The van der Waals surface area contributed by atoms with Crippen LogP contribution < -0.4 is 5.32 Å². The maximum Gasteiger partial charge on any atom is 0.239 e. The molecule has 0 saturated carbocycles. The molecule has 2 aromatic carbocycles. The summed E-state index contributed by atoms with van der Waals surface area (Å²) in [7, 11) is -1.98. The number of sulfone groups is 1. The van der Waals surface area contributed by atoms with E-state index in [0.717, 1.165) is 32.3 Å². The first kappa shape index (κ1) is 23.7. The minimum absolute atomic E-state index is 0.143. The van der Waals surface area contributed by atoms with Crippen molar-refractivity contribution in [3.63, 3.8) is 0 Å². The van der Waals surface area contributed by atoms with Crippen molar-refractivity contribution in [1.82, 2.24) is 4.98 Å². The zero-order valence-corrected chi connectivity index (χ0v) is 20.4. The van der Waals surface area contributed by atoms with Crippen molar-refractivity contribution in [3.8, 4) is 0 Å². The van der Waals surface area contributed by atoms with Gasteiger partial charge in [-0.05, 0) is 57.5 Å². The summed E-state index contributed by atoms with van der Waals surface area (Å²) in [5.74, 6) is -0.283. The van der Waals surface area contributed by atoms with Gasteiger partial charge < -0.3 is 10.1 Å². The second-order valence-electron chi connectivity index (χ2n) is 7.84. The van der Waals surface area contributed by atoms with E-state index in [1.807, 2.05) is 19.1 Å². The molecule has 6 nitrogen and oxygen atoms in total. The van der Waals surface area contributed by atoms with E-state index >= 15 is 0 Å². The summed E-state index contributed by atoms with van der Waals surface area (Å²) in [5, 5.41) is 2.69. The molecule has 0 bridgehead atoms. The zero-order chi connectivity index (χ0) is 22.6. The first-order valence-electron chi connectivity index (χ1n) is 9.76. The molecule has 0 atom stereocenters. The summed E-state index contributed by atoms with van der Waals surface area (Å²) in [6.45, 7) is 5.99. The largest absolute Gasteiger partial charge is 0.379 e. The number of hydrogen-bond donors (Lipinski definition) is 1. The molecular weight excluding hydrogens is 452 g/mol. The fourth-order valence-electron chi connectivity index (χ4n) is 2.73. The third-order valence-electron chi connectivity index (χ3n) is 4.84.